The number of carbonyl (C=O) groups excluding carboxylic acids is 2. The van der Waals surface area contributed by atoms with Gasteiger partial charge in [-0.25, -0.2) is 0 Å². The number of hydrogen-bond acceptors (Lipinski definition) is 4. The van der Waals surface area contributed by atoms with Crippen molar-refractivity contribution >= 4 is 19.5 Å². The monoisotopic (exact) mass is 332 g/mol. The first kappa shape index (κ1) is 26.8. The summed E-state index contributed by atoms with van der Waals surface area (Å²) in [6.07, 6.45) is 2.11. The average molecular weight is 333 g/mol. The summed E-state index contributed by atoms with van der Waals surface area (Å²) in [5.41, 5.74) is 0. The van der Waals surface area contributed by atoms with Crippen LogP contribution in [0.4, 0.5) is 0 Å². The van der Waals surface area contributed by atoms with Crippen molar-refractivity contribution in [2.24, 2.45) is 0 Å². The molecular formula is C13H23NiO4P. The Bertz CT molecular complexity index is 271. The van der Waals surface area contributed by atoms with Crippen molar-refractivity contribution in [1.82, 2.24) is 0 Å². The summed E-state index contributed by atoms with van der Waals surface area (Å²) in [7, 11) is 0.380. The molecule has 0 aliphatic heterocycles. The van der Waals surface area contributed by atoms with E-state index >= 15 is 0 Å². The third kappa shape index (κ3) is 75.7. The predicted molar refractivity (Wildman–Crippen MR) is 73.6 cm³/mol. The van der Waals surface area contributed by atoms with Gasteiger partial charge in [0.25, 0.3) is 0 Å². The van der Waals surface area contributed by atoms with E-state index < -0.39 is 0 Å². The molecule has 0 bridgehead atoms. The minimum atomic E-state index is -0.187. The Morgan fingerprint density at radius 3 is 0.947 bits per heavy atom. The van der Waals surface area contributed by atoms with Crippen LogP contribution >= 0.6 is 7.92 Å². The molecule has 0 aromatic carbocycles. The molecule has 0 amide bonds. The molecule has 0 radical (unpaired) electrons. The van der Waals surface area contributed by atoms with Gasteiger partial charge in [-0.05, 0) is 46.0 Å². The SMILES string of the molecule is CC(=O)/C=C(/C)[O-].CC(=O)/C=C(/C)[O-].CP(C)C.[Ni+2]. The van der Waals surface area contributed by atoms with Crippen LogP contribution in [0.15, 0.2) is 23.7 Å². The normalized spacial score (nSPS) is 10.3. The Labute approximate surface area is 127 Å². The zero-order valence-corrected chi connectivity index (χ0v) is 14.4. The van der Waals surface area contributed by atoms with Crippen molar-refractivity contribution in [2.75, 3.05) is 20.0 Å². The standard InChI is InChI=1S/2C5H8O2.C3H9P.Ni/c2*1-4(6)3-5(2)7;1-4(2)3;/h2*3,6H,1-2H3;1-3H3;/q;;;+2/p-2/b2*4-3-;;. The van der Waals surface area contributed by atoms with Gasteiger partial charge in [0.1, 0.15) is 0 Å². The Kier molecular flexibility index (Phi) is 24.5. The summed E-state index contributed by atoms with van der Waals surface area (Å²) in [5, 5.41) is 20.0. The number of hydrogen-bond donors (Lipinski definition) is 0. The van der Waals surface area contributed by atoms with Crippen LogP contribution in [-0.4, -0.2) is 31.6 Å². The summed E-state index contributed by atoms with van der Waals surface area (Å²) in [5.74, 6) is -0.750. The van der Waals surface area contributed by atoms with E-state index in [2.05, 4.69) is 20.0 Å². The van der Waals surface area contributed by atoms with Crippen molar-refractivity contribution in [3.8, 4) is 0 Å². The molecule has 0 aliphatic carbocycles. The smallest absolute Gasteiger partial charge is 0.876 e. The molecule has 4 nitrogen and oxygen atoms in total. The Morgan fingerprint density at radius 2 is 0.947 bits per heavy atom. The number of carbonyl (C=O) groups is 2. The van der Waals surface area contributed by atoms with Crippen LogP contribution < -0.4 is 10.2 Å². The van der Waals surface area contributed by atoms with Gasteiger partial charge in [0.2, 0.25) is 0 Å². The molecule has 0 saturated heterocycles. The zero-order chi connectivity index (χ0) is 15.3. The molecule has 0 aliphatic rings. The van der Waals surface area contributed by atoms with E-state index in [1.165, 1.54) is 27.7 Å². The van der Waals surface area contributed by atoms with Gasteiger partial charge in [-0.15, -0.1) is 19.4 Å². The summed E-state index contributed by atoms with van der Waals surface area (Å²) in [4.78, 5) is 20.0. The molecule has 0 atom stereocenters. The Hall–Kier alpha value is -0.656. The fraction of sp³-hybridized carbons (Fsp3) is 0.538. The van der Waals surface area contributed by atoms with E-state index in [1.807, 2.05) is 0 Å². The second-order valence-electron chi connectivity index (χ2n) is 4.07. The first-order chi connectivity index (χ1) is 7.98. The molecule has 0 spiro atoms. The van der Waals surface area contributed by atoms with Crippen LogP contribution in [0.25, 0.3) is 0 Å². The summed E-state index contributed by atoms with van der Waals surface area (Å²) in [6.45, 7) is 12.1. The van der Waals surface area contributed by atoms with Gasteiger partial charge in [-0.2, -0.15) is 0 Å². The molecule has 0 rings (SSSR count). The average Bonchev–Trinajstić information content (AvgIpc) is 1.96. The predicted octanol–water partition coefficient (Wildman–Crippen LogP) is 1.03. The zero-order valence-electron chi connectivity index (χ0n) is 12.6. The van der Waals surface area contributed by atoms with Gasteiger partial charge in [-0.1, -0.05) is 13.8 Å². The number of allylic oxidation sites excluding steroid dienone is 4. The van der Waals surface area contributed by atoms with Crippen LogP contribution in [0.2, 0.25) is 0 Å². The molecule has 0 aromatic rings. The topological polar surface area (TPSA) is 80.3 Å². The van der Waals surface area contributed by atoms with E-state index in [1.54, 1.807) is 0 Å². The van der Waals surface area contributed by atoms with Gasteiger partial charge in [0, 0.05) is 0 Å². The molecule has 0 unspecified atom stereocenters. The van der Waals surface area contributed by atoms with Crippen LogP contribution in [0.5, 0.6) is 0 Å². The van der Waals surface area contributed by atoms with Crippen molar-refractivity contribution in [3.05, 3.63) is 23.7 Å². The van der Waals surface area contributed by atoms with Crippen molar-refractivity contribution < 1.29 is 36.3 Å². The minimum Gasteiger partial charge on any atom is -0.876 e. The molecule has 0 N–H and O–H groups in total. The third-order valence-corrected chi connectivity index (χ3v) is 0.813. The summed E-state index contributed by atoms with van der Waals surface area (Å²) < 4.78 is 0. The first-order valence-corrected chi connectivity index (χ1v) is 8.00. The summed E-state index contributed by atoms with van der Waals surface area (Å²) >= 11 is 0. The second-order valence-corrected chi connectivity index (χ2v) is 6.76. The third-order valence-electron chi connectivity index (χ3n) is 0.813. The van der Waals surface area contributed by atoms with Crippen LogP contribution in [0.3, 0.4) is 0 Å². The molecule has 114 valence electrons. The quantitative estimate of drug-likeness (QED) is 0.327. The van der Waals surface area contributed by atoms with Gasteiger partial charge in [-0.3, -0.25) is 9.59 Å². The largest absolute Gasteiger partial charge is 2.00 e. The maximum Gasteiger partial charge on any atom is 2.00 e. The molecular weight excluding hydrogens is 310 g/mol. The molecule has 19 heavy (non-hydrogen) atoms. The van der Waals surface area contributed by atoms with Gasteiger partial charge < -0.3 is 10.2 Å². The fourth-order valence-corrected chi connectivity index (χ4v) is 0.572. The van der Waals surface area contributed by atoms with Crippen molar-refractivity contribution in [3.63, 3.8) is 0 Å². The fourth-order valence-electron chi connectivity index (χ4n) is 0.572. The molecule has 0 aromatic heterocycles. The molecule has 0 heterocycles. The van der Waals surface area contributed by atoms with E-state index in [9.17, 15) is 19.8 Å². The van der Waals surface area contributed by atoms with Gasteiger partial charge in [0.05, 0.1) is 0 Å². The van der Waals surface area contributed by atoms with Crippen molar-refractivity contribution in [1.29, 1.82) is 0 Å². The van der Waals surface area contributed by atoms with Gasteiger partial charge >= 0.3 is 16.5 Å². The second kappa shape index (κ2) is 17.3. The molecule has 6 heteroatoms. The van der Waals surface area contributed by atoms with E-state index in [4.69, 9.17) is 0 Å². The summed E-state index contributed by atoms with van der Waals surface area (Å²) in [6, 6.07) is 0. The van der Waals surface area contributed by atoms with Gasteiger partial charge in [0.15, 0.2) is 11.6 Å². The van der Waals surface area contributed by atoms with Crippen molar-refractivity contribution in [2.45, 2.75) is 27.7 Å². The maximum absolute atomic E-state index is 9.98. The maximum atomic E-state index is 9.98. The van der Waals surface area contributed by atoms with E-state index in [0.717, 1.165) is 12.2 Å². The van der Waals surface area contributed by atoms with Crippen LogP contribution in [0.1, 0.15) is 27.7 Å². The number of ketones is 2. The Balaban J connectivity index is -0.0000000900. The molecule has 0 fully saturated rings. The first-order valence-electron chi connectivity index (χ1n) is 5.31. The molecule has 0 saturated carbocycles. The van der Waals surface area contributed by atoms with E-state index in [0.29, 0.717) is 7.92 Å². The minimum absolute atomic E-state index is 0. The van der Waals surface area contributed by atoms with Crippen LogP contribution in [-0.2, 0) is 26.1 Å². The Morgan fingerprint density at radius 1 is 0.789 bits per heavy atom. The van der Waals surface area contributed by atoms with Crippen LogP contribution in [0, 0.1) is 0 Å². The number of rotatable bonds is 2. The van der Waals surface area contributed by atoms with E-state index in [-0.39, 0.29) is 39.6 Å².